The van der Waals surface area contributed by atoms with E-state index in [4.69, 9.17) is 15.4 Å². The van der Waals surface area contributed by atoms with Gasteiger partial charge in [0.1, 0.15) is 6.04 Å². The first-order chi connectivity index (χ1) is 7.20. The number of nitrogens with zero attached hydrogens (tertiary/aromatic N) is 1. The zero-order valence-electron chi connectivity index (χ0n) is 8.49. The van der Waals surface area contributed by atoms with E-state index < -0.39 is 22.1 Å². The van der Waals surface area contributed by atoms with E-state index in [1.54, 1.807) is 6.20 Å². The standard InChI is InChI=1S/C6H9N3O2.CH4O3S/c7-5(6(10)11)1-4-2-8-3-9-4;1-5(2,3)4/h2-3,5H,1,7H2,(H,8,9)(H,10,11);1H3,(H,2,3,4). The third-order valence-corrected chi connectivity index (χ3v) is 1.30. The summed E-state index contributed by atoms with van der Waals surface area (Å²) in [4.78, 5) is 16.8. The molecule has 0 saturated carbocycles. The molecule has 0 aliphatic carbocycles. The Morgan fingerprint density at radius 2 is 2.19 bits per heavy atom. The highest BCUT2D eigenvalue weighted by Gasteiger charge is 2.12. The number of carboxylic acids is 1. The van der Waals surface area contributed by atoms with Crippen molar-refractivity contribution in [3.8, 4) is 0 Å². The Labute approximate surface area is 92.3 Å². The van der Waals surface area contributed by atoms with Crippen LogP contribution in [-0.4, -0.2) is 46.3 Å². The number of nitrogens with two attached hydrogens (primary N) is 1. The second kappa shape index (κ2) is 6.20. The van der Waals surface area contributed by atoms with E-state index in [-0.39, 0.29) is 6.42 Å². The Balaban J connectivity index is 0.000000385. The number of imidazole rings is 1. The van der Waals surface area contributed by atoms with Crippen molar-refractivity contribution in [2.24, 2.45) is 5.73 Å². The van der Waals surface area contributed by atoms with E-state index in [0.29, 0.717) is 11.9 Å². The van der Waals surface area contributed by atoms with Gasteiger partial charge < -0.3 is 15.8 Å². The summed E-state index contributed by atoms with van der Waals surface area (Å²) in [5.74, 6) is -1.01. The molecule has 1 atom stereocenters. The number of H-pyrrole nitrogens is 1. The molecule has 0 radical (unpaired) electrons. The van der Waals surface area contributed by atoms with Crippen LogP contribution in [-0.2, 0) is 21.3 Å². The van der Waals surface area contributed by atoms with Crippen molar-refractivity contribution in [3.63, 3.8) is 0 Å². The molecule has 0 spiro atoms. The molecule has 8 nitrogen and oxygen atoms in total. The first-order valence-corrected chi connectivity index (χ1v) is 5.93. The number of hydrogen-bond donors (Lipinski definition) is 4. The highest BCUT2D eigenvalue weighted by Crippen LogP contribution is 1.95. The second-order valence-corrected chi connectivity index (χ2v) is 4.41. The Bertz CT molecular complexity index is 405. The summed E-state index contributed by atoms with van der Waals surface area (Å²) >= 11 is 0. The molecule has 0 aliphatic rings. The van der Waals surface area contributed by atoms with E-state index in [0.717, 1.165) is 0 Å². The fourth-order valence-corrected chi connectivity index (χ4v) is 0.715. The lowest BCUT2D eigenvalue weighted by Gasteiger charge is -2.01. The lowest BCUT2D eigenvalue weighted by atomic mass is 10.2. The minimum atomic E-state index is -3.67. The highest BCUT2D eigenvalue weighted by molar-refractivity contribution is 7.85. The molecule has 0 saturated heterocycles. The number of nitrogens with one attached hydrogen (secondary N) is 1. The van der Waals surface area contributed by atoms with Crippen LogP contribution in [0.1, 0.15) is 5.69 Å². The third kappa shape index (κ3) is 9.12. The average molecular weight is 251 g/mol. The molecule has 0 aliphatic heterocycles. The maximum absolute atomic E-state index is 10.3. The van der Waals surface area contributed by atoms with Gasteiger partial charge in [-0.2, -0.15) is 8.42 Å². The summed E-state index contributed by atoms with van der Waals surface area (Å²) in [7, 11) is -3.67. The van der Waals surface area contributed by atoms with Crippen LogP contribution in [0.4, 0.5) is 0 Å². The lowest BCUT2D eigenvalue weighted by Crippen LogP contribution is -2.32. The summed E-state index contributed by atoms with van der Waals surface area (Å²) < 4.78 is 25.9. The van der Waals surface area contributed by atoms with Gasteiger partial charge in [0.25, 0.3) is 10.1 Å². The number of carbonyl (C=O) groups is 1. The van der Waals surface area contributed by atoms with Crippen LogP contribution in [0.5, 0.6) is 0 Å². The van der Waals surface area contributed by atoms with Gasteiger partial charge in [-0.05, 0) is 0 Å². The van der Waals surface area contributed by atoms with Crippen molar-refractivity contribution in [1.29, 1.82) is 0 Å². The lowest BCUT2D eigenvalue weighted by molar-refractivity contribution is -0.138. The smallest absolute Gasteiger partial charge is 0.320 e. The molecular formula is C7H13N3O5S. The van der Waals surface area contributed by atoms with Crippen LogP contribution in [0.15, 0.2) is 12.5 Å². The van der Waals surface area contributed by atoms with Gasteiger partial charge in [-0.3, -0.25) is 9.35 Å². The van der Waals surface area contributed by atoms with Crippen LogP contribution in [0.25, 0.3) is 0 Å². The van der Waals surface area contributed by atoms with Gasteiger partial charge in [-0.25, -0.2) is 4.98 Å². The van der Waals surface area contributed by atoms with Crippen LogP contribution in [0.2, 0.25) is 0 Å². The molecule has 0 aromatic carbocycles. The predicted octanol–water partition coefficient (Wildman–Crippen LogP) is -1.13. The van der Waals surface area contributed by atoms with Crippen molar-refractivity contribution < 1.29 is 22.9 Å². The summed E-state index contributed by atoms with van der Waals surface area (Å²) in [6.07, 6.45) is 4.10. The van der Waals surface area contributed by atoms with Crippen molar-refractivity contribution in [2.45, 2.75) is 12.5 Å². The van der Waals surface area contributed by atoms with Crippen molar-refractivity contribution in [3.05, 3.63) is 18.2 Å². The van der Waals surface area contributed by atoms with Crippen LogP contribution < -0.4 is 5.73 Å². The van der Waals surface area contributed by atoms with Gasteiger partial charge in [0.15, 0.2) is 0 Å². The Hall–Kier alpha value is -1.45. The first-order valence-electron chi connectivity index (χ1n) is 4.08. The van der Waals surface area contributed by atoms with E-state index in [1.807, 2.05) is 0 Å². The molecule has 1 aromatic heterocycles. The SMILES string of the molecule is CS(=O)(=O)O.NC(Cc1c[nH]cn1)C(=O)O. The van der Waals surface area contributed by atoms with Gasteiger partial charge in [0, 0.05) is 12.6 Å². The maximum Gasteiger partial charge on any atom is 0.320 e. The van der Waals surface area contributed by atoms with Crippen molar-refractivity contribution >= 4 is 16.1 Å². The van der Waals surface area contributed by atoms with Gasteiger partial charge in [0.05, 0.1) is 18.3 Å². The number of rotatable bonds is 3. The Kier molecular flexibility index (Phi) is 5.64. The topological polar surface area (TPSA) is 146 Å². The monoisotopic (exact) mass is 251 g/mol. The van der Waals surface area contributed by atoms with E-state index >= 15 is 0 Å². The predicted molar refractivity (Wildman–Crippen MR) is 55.4 cm³/mol. The normalized spacial score (nSPS) is 12.4. The van der Waals surface area contributed by atoms with Gasteiger partial charge >= 0.3 is 5.97 Å². The minimum Gasteiger partial charge on any atom is -0.480 e. The number of hydrogen-bond acceptors (Lipinski definition) is 5. The van der Waals surface area contributed by atoms with Gasteiger partial charge in [-0.15, -0.1) is 0 Å². The van der Waals surface area contributed by atoms with E-state index in [2.05, 4.69) is 9.97 Å². The minimum absolute atomic E-state index is 0.263. The molecule has 1 unspecified atom stereocenters. The molecule has 1 heterocycles. The van der Waals surface area contributed by atoms with Crippen LogP contribution in [0, 0.1) is 0 Å². The Morgan fingerprint density at radius 1 is 1.69 bits per heavy atom. The summed E-state index contributed by atoms with van der Waals surface area (Å²) in [5.41, 5.74) is 5.92. The number of aromatic amines is 1. The molecular weight excluding hydrogens is 238 g/mol. The van der Waals surface area contributed by atoms with Crippen molar-refractivity contribution in [2.75, 3.05) is 6.26 Å². The highest BCUT2D eigenvalue weighted by atomic mass is 32.2. The fourth-order valence-electron chi connectivity index (χ4n) is 0.715. The molecule has 1 rings (SSSR count). The largest absolute Gasteiger partial charge is 0.480 e. The third-order valence-electron chi connectivity index (χ3n) is 1.30. The fraction of sp³-hybridized carbons (Fsp3) is 0.429. The zero-order valence-corrected chi connectivity index (χ0v) is 9.31. The number of carboxylic acid groups (broad SMARTS) is 1. The zero-order chi connectivity index (χ0) is 12.8. The first kappa shape index (κ1) is 14.6. The summed E-state index contributed by atoms with van der Waals surface area (Å²) in [6.45, 7) is 0. The van der Waals surface area contributed by atoms with E-state index in [1.165, 1.54) is 6.33 Å². The quantitative estimate of drug-likeness (QED) is 0.497. The van der Waals surface area contributed by atoms with Crippen LogP contribution in [0.3, 0.4) is 0 Å². The van der Waals surface area contributed by atoms with Crippen molar-refractivity contribution in [1.82, 2.24) is 9.97 Å². The molecule has 0 fully saturated rings. The molecule has 9 heteroatoms. The maximum atomic E-state index is 10.3. The molecule has 16 heavy (non-hydrogen) atoms. The second-order valence-electron chi connectivity index (χ2n) is 2.94. The summed E-state index contributed by atoms with van der Waals surface area (Å²) in [6, 6.07) is -0.863. The van der Waals surface area contributed by atoms with Gasteiger partial charge in [0.2, 0.25) is 0 Å². The molecule has 5 N–H and O–H groups in total. The molecule has 0 amide bonds. The summed E-state index contributed by atoms with van der Waals surface area (Å²) in [5, 5.41) is 8.42. The molecule has 92 valence electrons. The average Bonchev–Trinajstić information content (AvgIpc) is 2.53. The van der Waals surface area contributed by atoms with Crippen LogP contribution >= 0.6 is 0 Å². The van der Waals surface area contributed by atoms with E-state index in [9.17, 15) is 13.2 Å². The number of aliphatic carboxylic acids is 1. The number of aromatic nitrogens is 2. The molecule has 0 bridgehead atoms. The Morgan fingerprint density at radius 3 is 2.50 bits per heavy atom. The molecule has 1 aromatic rings. The van der Waals surface area contributed by atoms with Gasteiger partial charge in [-0.1, -0.05) is 0 Å².